The summed E-state index contributed by atoms with van der Waals surface area (Å²) in [6, 6.07) is 7.03. The molecule has 0 unspecified atom stereocenters. The van der Waals surface area contributed by atoms with Gasteiger partial charge in [-0.15, -0.1) is 0 Å². The summed E-state index contributed by atoms with van der Waals surface area (Å²) < 4.78 is 9.79. The van der Waals surface area contributed by atoms with Gasteiger partial charge in [0.15, 0.2) is 0 Å². The zero-order chi connectivity index (χ0) is 21.7. The number of rotatable bonds is 10. The highest BCUT2D eigenvalue weighted by molar-refractivity contribution is 5.88. The minimum atomic E-state index is -0.575. The molecule has 0 heterocycles. The Hall–Kier alpha value is -2.90. The molecule has 1 rings (SSSR count). The quantitative estimate of drug-likeness (QED) is 0.265. The fraction of sp³-hybridized carbons (Fsp3) is 0.524. The maximum Gasteiger partial charge on any atom is 0.412 e. The van der Waals surface area contributed by atoms with Gasteiger partial charge in [0, 0.05) is 18.5 Å². The molecule has 2 N–H and O–H groups in total. The van der Waals surface area contributed by atoms with E-state index in [2.05, 4.69) is 20.6 Å². The van der Waals surface area contributed by atoms with Crippen LogP contribution in [-0.2, 0) is 19.1 Å². The molecule has 29 heavy (non-hydrogen) atoms. The molecule has 1 aromatic rings. The number of hydrazone groups is 1. The molecule has 0 aromatic heterocycles. The van der Waals surface area contributed by atoms with Crippen molar-refractivity contribution >= 4 is 29.9 Å². The number of carbonyl (C=O) groups is 3. The maximum atomic E-state index is 11.8. The van der Waals surface area contributed by atoms with Crippen molar-refractivity contribution < 1.29 is 23.9 Å². The SMILES string of the molecule is COC(=O)CCCCCCC(=O)N/N=C/c1cccc(NC(=O)OC(C)(C)C)c1. The predicted octanol–water partition coefficient (Wildman–Crippen LogP) is 4.00. The third kappa shape index (κ3) is 12.2. The molecule has 160 valence electrons. The smallest absolute Gasteiger partial charge is 0.412 e. The molecule has 0 aliphatic heterocycles. The van der Waals surface area contributed by atoms with Crippen LogP contribution in [0.1, 0.15) is 64.9 Å². The minimum absolute atomic E-state index is 0.169. The second kappa shape index (κ2) is 12.5. The molecular weight excluding hydrogens is 374 g/mol. The summed E-state index contributed by atoms with van der Waals surface area (Å²) in [4.78, 5) is 34.6. The van der Waals surface area contributed by atoms with E-state index in [1.54, 1.807) is 45.0 Å². The molecule has 0 fully saturated rings. The molecule has 2 amide bonds. The average Bonchev–Trinajstić information content (AvgIpc) is 2.63. The third-order valence-corrected chi connectivity index (χ3v) is 3.70. The van der Waals surface area contributed by atoms with Gasteiger partial charge in [0.25, 0.3) is 0 Å². The molecule has 1 aromatic carbocycles. The van der Waals surface area contributed by atoms with Crippen LogP contribution in [0.3, 0.4) is 0 Å². The Kier molecular flexibility index (Phi) is 10.4. The number of ether oxygens (including phenoxy) is 2. The van der Waals surface area contributed by atoms with Gasteiger partial charge in [-0.1, -0.05) is 25.0 Å². The van der Waals surface area contributed by atoms with Crippen LogP contribution in [0.2, 0.25) is 0 Å². The molecule has 8 heteroatoms. The lowest BCUT2D eigenvalue weighted by molar-refractivity contribution is -0.140. The summed E-state index contributed by atoms with van der Waals surface area (Å²) in [5, 5.41) is 6.60. The van der Waals surface area contributed by atoms with E-state index in [1.165, 1.54) is 13.3 Å². The summed E-state index contributed by atoms with van der Waals surface area (Å²) >= 11 is 0. The van der Waals surface area contributed by atoms with Gasteiger partial charge in [0.2, 0.25) is 5.91 Å². The van der Waals surface area contributed by atoms with Crippen molar-refractivity contribution in [3.05, 3.63) is 29.8 Å². The number of hydrogen-bond donors (Lipinski definition) is 2. The molecule has 0 aliphatic carbocycles. The van der Waals surface area contributed by atoms with Crippen LogP contribution >= 0.6 is 0 Å². The van der Waals surface area contributed by atoms with Crippen molar-refractivity contribution in [1.82, 2.24) is 5.43 Å². The van der Waals surface area contributed by atoms with Gasteiger partial charge < -0.3 is 9.47 Å². The zero-order valence-corrected chi connectivity index (χ0v) is 17.6. The molecule has 0 atom stereocenters. The van der Waals surface area contributed by atoms with Gasteiger partial charge in [0.05, 0.1) is 13.3 Å². The van der Waals surface area contributed by atoms with Crippen LogP contribution in [0.4, 0.5) is 10.5 Å². The third-order valence-electron chi connectivity index (χ3n) is 3.70. The topological polar surface area (TPSA) is 106 Å². The molecule has 0 radical (unpaired) electrons. The number of nitrogens with one attached hydrogen (secondary N) is 2. The molecular formula is C21H31N3O5. The van der Waals surface area contributed by atoms with E-state index in [0.717, 1.165) is 31.2 Å². The first-order valence-corrected chi connectivity index (χ1v) is 9.68. The van der Waals surface area contributed by atoms with Gasteiger partial charge >= 0.3 is 12.1 Å². The van der Waals surface area contributed by atoms with E-state index >= 15 is 0 Å². The highest BCUT2D eigenvalue weighted by Gasteiger charge is 2.16. The van der Waals surface area contributed by atoms with Gasteiger partial charge in [-0.05, 0) is 51.3 Å². The van der Waals surface area contributed by atoms with Crippen LogP contribution in [0.15, 0.2) is 29.4 Å². The monoisotopic (exact) mass is 405 g/mol. The van der Waals surface area contributed by atoms with Crippen LogP contribution < -0.4 is 10.7 Å². The number of nitrogens with zero attached hydrogens (tertiary/aromatic N) is 1. The lowest BCUT2D eigenvalue weighted by Gasteiger charge is -2.19. The summed E-state index contributed by atoms with van der Waals surface area (Å²) in [7, 11) is 1.38. The van der Waals surface area contributed by atoms with Crippen molar-refractivity contribution in [2.75, 3.05) is 12.4 Å². The van der Waals surface area contributed by atoms with Crippen LogP contribution in [0.5, 0.6) is 0 Å². The first-order valence-electron chi connectivity index (χ1n) is 9.68. The molecule has 0 spiro atoms. The summed E-state index contributed by atoms with van der Waals surface area (Å²) in [6.45, 7) is 5.38. The van der Waals surface area contributed by atoms with Crippen molar-refractivity contribution in [3.8, 4) is 0 Å². The van der Waals surface area contributed by atoms with Crippen molar-refractivity contribution in [2.45, 2.75) is 64.9 Å². The Bertz CT molecular complexity index is 711. The predicted molar refractivity (Wildman–Crippen MR) is 112 cm³/mol. The second-order valence-electron chi connectivity index (χ2n) is 7.54. The number of anilines is 1. The first kappa shape index (κ1) is 24.1. The summed E-state index contributed by atoms with van der Waals surface area (Å²) in [6.07, 6.45) is 5.00. The zero-order valence-electron chi connectivity index (χ0n) is 17.6. The van der Waals surface area contributed by atoms with Crippen molar-refractivity contribution in [1.29, 1.82) is 0 Å². The molecule has 8 nitrogen and oxygen atoms in total. The number of hydrogen-bond acceptors (Lipinski definition) is 6. The fourth-order valence-corrected chi connectivity index (χ4v) is 2.36. The molecule has 0 bridgehead atoms. The van der Waals surface area contributed by atoms with E-state index in [-0.39, 0.29) is 11.9 Å². The van der Waals surface area contributed by atoms with Crippen molar-refractivity contribution in [2.24, 2.45) is 5.10 Å². The van der Waals surface area contributed by atoms with Gasteiger partial charge in [-0.25, -0.2) is 10.2 Å². The Labute approximate surface area is 172 Å². The van der Waals surface area contributed by atoms with Crippen LogP contribution in [0.25, 0.3) is 0 Å². The van der Waals surface area contributed by atoms with Crippen molar-refractivity contribution in [3.63, 3.8) is 0 Å². The number of esters is 1. The average molecular weight is 405 g/mol. The standard InChI is InChI=1S/C21H31N3O5/c1-21(2,3)29-20(27)23-17-11-9-10-16(14-17)15-22-24-18(25)12-7-5-6-8-13-19(26)28-4/h9-11,14-15H,5-8,12-13H2,1-4H3,(H,23,27)(H,24,25)/b22-15+. The number of amides is 2. The lowest BCUT2D eigenvalue weighted by Crippen LogP contribution is -2.27. The van der Waals surface area contributed by atoms with Gasteiger partial charge in [-0.3, -0.25) is 14.9 Å². The number of unbranched alkanes of at least 4 members (excludes halogenated alkanes) is 3. The lowest BCUT2D eigenvalue weighted by atomic mass is 10.1. The normalized spacial score (nSPS) is 11.2. The minimum Gasteiger partial charge on any atom is -0.469 e. The van der Waals surface area contributed by atoms with Crippen LogP contribution in [-0.4, -0.2) is 36.9 Å². The van der Waals surface area contributed by atoms with E-state index < -0.39 is 11.7 Å². The Morgan fingerprint density at radius 1 is 1.07 bits per heavy atom. The fourth-order valence-electron chi connectivity index (χ4n) is 2.36. The highest BCUT2D eigenvalue weighted by Crippen LogP contribution is 2.13. The number of carbonyl (C=O) groups excluding carboxylic acids is 3. The van der Waals surface area contributed by atoms with E-state index in [9.17, 15) is 14.4 Å². The van der Waals surface area contributed by atoms with E-state index in [4.69, 9.17) is 4.74 Å². The number of methoxy groups -OCH3 is 1. The maximum absolute atomic E-state index is 11.8. The Morgan fingerprint density at radius 2 is 1.76 bits per heavy atom. The Balaban J connectivity index is 2.32. The van der Waals surface area contributed by atoms with Gasteiger partial charge in [0.1, 0.15) is 5.60 Å². The molecule has 0 aliphatic rings. The first-order chi connectivity index (χ1) is 13.7. The van der Waals surface area contributed by atoms with Gasteiger partial charge in [-0.2, -0.15) is 5.10 Å². The molecule has 0 saturated carbocycles. The van der Waals surface area contributed by atoms with E-state index in [1.807, 2.05) is 0 Å². The van der Waals surface area contributed by atoms with E-state index in [0.29, 0.717) is 18.5 Å². The summed E-state index contributed by atoms with van der Waals surface area (Å²) in [5.74, 6) is -0.375. The molecule has 0 saturated heterocycles. The van der Waals surface area contributed by atoms with Crippen LogP contribution in [0, 0.1) is 0 Å². The largest absolute Gasteiger partial charge is 0.469 e. The summed E-state index contributed by atoms with van der Waals surface area (Å²) in [5.41, 5.74) is 3.21. The Morgan fingerprint density at radius 3 is 2.41 bits per heavy atom. The highest BCUT2D eigenvalue weighted by atomic mass is 16.6. The second-order valence-corrected chi connectivity index (χ2v) is 7.54. The number of benzene rings is 1.